The number of carbonyl (C=O) groups is 1. The molecular weight excluding hydrogens is 378 g/mol. The Bertz CT molecular complexity index is 715. The van der Waals surface area contributed by atoms with Crippen LogP contribution in [0.2, 0.25) is 0 Å². The number of guanidine groups is 1. The number of piperazine rings is 1. The maximum absolute atomic E-state index is 11.8. The predicted octanol–water partition coefficient (Wildman–Crippen LogP) is 2.03. The summed E-state index contributed by atoms with van der Waals surface area (Å²) in [7, 11) is 0. The topological polar surface area (TPSA) is 94.2 Å². The number of nitrogens with one attached hydrogen (secondary N) is 1. The molecule has 2 unspecified atom stereocenters. The molecule has 2 atom stereocenters. The zero-order chi connectivity index (χ0) is 21.3. The minimum Gasteiger partial charge on any atom is -0.395 e. The molecule has 166 valence electrons. The molecule has 7 heteroatoms. The summed E-state index contributed by atoms with van der Waals surface area (Å²) in [6, 6.07) is 7.62. The van der Waals surface area contributed by atoms with Crippen LogP contribution in [0.4, 0.5) is 5.69 Å². The molecule has 1 aliphatic carbocycles. The second kappa shape index (κ2) is 11.4. The van der Waals surface area contributed by atoms with Crippen LogP contribution in [0.25, 0.3) is 0 Å². The fourth-order valence-corrected chi connectivity index (χ4v) is 4.49. The zero-order valence-electron chi connectivity index (χ0n) is 18.2. The monoisotopic (exact) mass is 415 g/mol. The molecule has 0 aromatic heterocycles. The Hall–Kier alpha value is -1.96. The smallest absolute Gasteiger partial charge is 0.198 e. The number of Topliss-reactive ketones (excluding diaryl/α,β-unsaturated/α-hetero) is 1. The molecular formula is C23H37N5O2. The first kappa shape index (κ1) is 22.7. The molecule has 0 bridgehead atoms. The summed E-state index contributed by atoms with van der Waals surface area (Å²) in [4.78, 5) is 21.4. The van der Waals surface area contributed by atoms with Crippen LogP contribution in [0, 0.1) is 11.8 Å². The van der Waals surface area contributed by atoms with Gasteiger partial charge in [-0.1, -0.05) is 18.6 Å². The lowest BCUT2D eigenvalue weighted by atomic mass is 9.81. The Balaban J connectivity index is 1.71. The van der Waals surface area contributed by atoms with Gasteiger partial charge in [-0.25, -0.2) is 0 Å². The van der Waals surface area contributed by atoms with E-state index in [2.05, 4.69) is 15.1 Å². The van der Waals surface area contributed by atoms with Crippen molar-refractivity contribution in [3.63, 3.8) is 0 Å². The van der Waals surface area contributed by atoms with E-state index in [1.807, 2.05) is 24.3 Å². The number of β-amino-alcohol motifs (C(OH)–C–C–N with tert-alkyl or cyclic N) is 1. The summed E-state index contributed by atoms with van der Waals surface area (Å²) in [6.45, 7) is 7.64. The summed E-state index contributed by atoms with van der Waals surface area (Å²) in [5.41, 5.74) is 7.50. The predicted molar refractivity (Wildman–Crippen MR) is 122 cm³/mol. The molecule has 2 fully saturated rings. The largest absolute Gasteiger partial charge is 0.395 e. The van der Waals surface area contributed by atoms with Crippen molar-refractivity contribution < 1.29 is 9.90 Å². The van der Waals surface area contributed by atoms with Gasteiger partial charge in [-0.2, -0.15) is 0 Å². The standard InChI is InChI=1S/C23H37N5O2/c1-18(30)21-6-3-7-22(15-21)26-23(28-10-8-27(9-11-28)12-13-29)25-17-20-5-2-4-19(14-20)16-24/h3,6-7,15,19-20,29H,2,4-5,8-14,16-17,24H2,1H3,(H,25,26). The molecule has 1 saturated heterocycles. The molecule has 4 N–H and O–H groups in total. The number of nitrogens with zero attached hydrogens (tertiary/aromatic N) is 3. The van der Waals surface area contributed by atoms with Gasteiger partial charge in [-0.05, 0) is 56.7 Å². The lowest BCUT2D eigenvalue weighted by Crippen LogP contribution is -2.51. The number of aliphatic hydroxyl groups is 1. The molecule has 30 heavy (non-hydrogen) atoms. The molecule has 0 amide bonds. The number of carbonyl (C=O) groups excluding carboxylic acids is 1. The van der Waals surface area contributed by atoms with Gasteiger partial charge in [0.05, 0.1) is 6.61 Å². The van der Waals surface area contributed by atoms with Gasteiger partial charge in [-0.15, -0.1) is 0 Å². The Morgan fingerprint density at radius 1 is 1.23 bits per heavy atom. The molecule has 3 rings (SSSR count). The van der Waals surface area contributed by atoms with Crippen molar-refractivity contribution in [2.45, 2.75) is 32.6 Å². The molecule has 1 heterocycles. The van der Waals surface area contributed by atoms with Gasteiger partial charge >= 0.3 is 0 Å². The third-order valence-electron chi connectivity index (χ3n) is 6.34. The number of nitrogens with two attached hydrogens (primary N) is 1. The lowest BCUT2D eigenvalue weighted by molar-refractivity contribution is 0.101. The fourth-order valence-electron chi connectivity index (χ4n) is 4.49. The third kappa shape index (κ3) is 6.52. The van der Waals surface area contributed by atoms with Crippen molar-refractivity contribution in [1.82, 2.24) is 9.80 Å². The summed E-state index contributed by atoms with van der Waals surface area (Å²) in [5, 5.41) is 12.7. The Morgan fingerprint density at radius 3 is 2.70 bits per heavy atom. The highest BCUT2D eigenvalue weighted by Gasteiger charge is 2.23. The Kier molecular flexibility index (Phi) is 8.66. The minimum absolute atomic E-state index is 0.0600. The number of hydrogen-bond donors (Lipinski definition) is 3. The van der Waals surface area contributed by atoms with E-state index < -0.39 is 0 Å². The highest BCUT2D eigenvalue weighted by atomic mass is 16.3. The summed E-state index contributed by atoms with van der Waals surface area (Å²) < 4.78 is 0. The maximum Gasteiger partial charge on any atom is 0.198 e. The normalized spacial score (nSPS) is 23.4. The van der Waals surface area contributed by atoms with Crippen LogP contribution in [0.5, 0.6) is 0 Å². The van der Waals surface area contributed by atoms with E-state index in [9.17, 15) is 9.90 Å². The van der Waals surface area contributed by atoms with Gasteiger partial charge in [0, 0.05) is 50.5 Å². The van der Waals surface area contributed by atoms with Gasteiger partial charge < -0.3 is 21.1 Å². The van der Waals surface area contributed by atoms with Gasteiger partial charge in [0.25, 0.3) is 0 Å². The molecule has 1 aromatic rings. The minimum atomic E-state index is 0.0600. The molecule has 1 aliphatic heterocycles. The van der Waals surface area contributed by atoms with Crippen molar-refractivity contribution >= 4 is 17.4 Å². The van der Waals surface area contributed by atoms with E-state index in [-0.39, 0.29) is 12.4 Å². The van der Waals surface area contributed by atoms with E-state index in [4.69, 9.17) is 10.7 Å². The number of aliphatic imine (C=N–C) groups is 1. The van der Waals surface area contributed by atoms with Crippen molar-refractivity contribution in [2.24, 2.45) is 22.6 Å². The van der Waals surface area contributed by atoms with Crippen LogP contribution in [-0.2, 0) is 0 Å². The van der Waals surface area contributed by atoms with E-state index in [0.29, 0.717) is 17.4 Å². The van der Waals surface area contributed by atoms with Crippen LogP contribution in [0.15, 0.2) is 29.3 Å². The van der Waals surface area contributed by atoms with E-state index >= 15 is 0 Å². The van der Waals surface area contributed by atoms with Crippen LogP contribution >= 0.6 is 0 Å². The highest BCUT2D eigenvalue weighted by Crippen LogP contribution is 2.28. The van der Waals surface area contributed by atoms with Crippen molar-refractivity contribution in [3.8, 4) is 0 Å². The average Bonchev–Trinajstić information content (AvgIpc) is 2.78. The molecule has 1 saturated carbocycles. The molecule has 1 aromatic carbocycles. The summed E-state index contributed by atoms with van der Waals surface area (Å²) in [5.74, 6) is 2.16. The van der Waals surface area contributed by atoms with Crippen LogP contribution in [0.1, 0.15) is 43.0 Å². The first-order valence-electron chi connectivity index (χ1n) is 11.3. The van der Waals surface area contributed by atoms with Crippen LogP contribution in [0.3, 0.4) is 0 Å². The number of ketones is 1. The second-order valence-corrected chi connectivity index (χ2v) is 8.61. The number of benzene rings is 1. The summed E-state index contributed by atoms with van der Waals surface area (Å²) >= 11 is 0. The van der Waals surface area contributed by atoms with Crippen molar-refractivity contribution in [1.29, 1.82) is 0 Å². The molecule has 7 nitrogen and oxygen atoms in total. The molecule has 0 spiro atoms. The Labute approximate surface area is 180 Å². The second-order valence-electron chi connectivity index (χ2n) is 8.61. The summed E-state index contributed by atoms with van der Waals surface area (Å²) in [6.07, 6.45) is 4.87. The fraction of sp³-hybridized carbons (Fsp3) is 0.652. The maximum atomic E-state index is 11.8. The first-order chi connectivity index (χ1) is 14.6. The van der Waals surface area contributed by atoms with Crippen molar-refractivity contribution in [3.05, 3.63) is 29.8 Å². The van der Waals surface area contributed by atoms with Crippen molar-refractivity contribution in [2.75, 3.05) is 57.7 Å². The number of anilines is 1. The number of aliphatic hydroxyl groups excluding tert-OH is 1. The quantitative estimate of drug-likeness (QED) is 0.358. The molecule has 0 radical (unpaired) electrons. The van der Waals surface area contributed by atoms with E-state index in [0.717, 1.165) is 63.9 Å². The third-order valence-corrected chi connectivity index (χ3v) is 6.34. The van der Waals surface area contributed by atoms with Gasteiger partial charge in [0.2, 0.25) is 0 Å². The van der Waals surface area contributed by atoms with E-state index in [1.165, 1.54) is 19.3 Å². The zero-order valence-corrected chi connectivity index (χ0v) is 18.2. The molecule has 2 aliphatic rings. The van der Waals surface area contributed by atoms with Gasteiger partial charge in [0.1, 0.15) is 0 Å². The van der Waals surface area contributed by atoms with Gasteiger partial charge in [0.15, 0.2) is 11.7 Å². The Morgan fingerprint density at radius 2 is 2.00 bits per heavy atom. The highest BCUT2D eigenvalue weighted by molar-refractivity contribution is 5.98. The van der Waals surface area contributed by atoms with Crippen LogP contribution < -0.4 is 11.1 Å². The lowest BCUT2D eigenvalue weighted by Gasteiger charge is -2.36. The van der Waals surface area contributed by atoms with Crippen LogP contribution in [-0.4, -0.2) is 79.1 Å². The van der Waals surface area contributed by atoms with E-state index in [1.54, 1.807) is 6.92 Å². The van der Waals surface area contributed by atoms with Gasteiger partial charge in [-0.3, -0.25) is 14.7 Å². The number of hydrogen-bond acceptors (Lipinski definition) is 5. The number of rotatable bonds is 7. The average molecular weight is 416 g/mol. The SMILES string of the molecule is CC(=O)c1cccc(NC(=NCC2CCCC(CN)C2)N2CCN(CCO)CC2)c1. The first-order valence-corrected chi connectivity index (χ1v) is 11.3.